The molecule has 0 atom stereocenters. The fourth-order valence-corrected chi connectivity index (χ4v) is 6.40. The molecule has 3 heterocycles. The number of benzene rings is 1. The summed E-state index contributed by atoms with van der Waals surface area (Å²) in [5, 5.41) is 5.66. The molecule has 1 aromatic carbocycles. The minimum Gasteiger partial charge on any atom is -0.493 e. The van der Waals surface area contributed by atoms with E-state index in [4.69, 9.17) is 17.0 Å². The molecule has 4 rings (SSSR count). The summed E-state index contributed by atoms with van der Waals surface area (Å²) in [6, 6.07) is 7.15. The number of fused-ring (bicyclic) bond motifs is 1. The van der Waals surface area contributed by atoms with Gasteiger partial charge in [0.05, 0.1) is 22.9 Å². The van der Waals surface area contributed by atoms with Crippen LogP contribution in [0.5, 0.6) is 5.75 Å². The Labute approximate surface area is 212 Å². The predicted molar refractivity (Wildman–Crippen MR) is 142 cm³/mol. The van der Waals surface area contributed by atoms with E-state index in [1.165, 1.54) is 0 Å². The van der Waals surface area contributed by atoms with Crippen LogP contribution >= 0.6 is 12.2 Å². The molecule has 0 saturated carbocycles. The van der Waals surface area contributed by atoms with E-state index in [1.54, 1.807) is 22.5 Å². The number of piperazine rings is 1. The molecule has 0 amide bonds. The van der Waals surface area contributed by atoms with Crippen LogP contribution in [-0.4, -0.2) is 71.7 Å². The molecule has 0 radical (unpaired) electrons. The summed E-state index contributed by atoms with van der Waals surface area (Å²) in [6.07, 6.45) is 2.66. The van der Waals surface area contributed by atoms with E-state index in [-0.39, 0.29) is 4.90 Å². The minimum atomic E-state index is -3.63. The summed E-state index contributed by atoms with van der Waals surface area (Å²) in [4.78, 5) is 5.83. The molecule has 3 aromatic rings. The van der Waals surface area contributed by atoms with Crippen LogP contribution in [-0.2, 0) is 23.5 Å². The first kappa shape index (κ1) is 25.8. The van der Waals surface area contributed by atoms with Crippen LogP contribution < -0.4 is 4.74 Å². The number of H-pyrrole nitrogens is 1. The van der Waals surface area contributed by atoms with Crippen molar-refractivity contribution in [2.45, 2.75) is 44.9 Å². The van der Waals surface area contributed by atoms with Crippen LogP contribution in [0.4, 0.5) is 0 Å². The van der Waals surface area contributed by atoms with Crippen LogP contribution in [0.1, 0.15) is 39.3 Å². The summed E-state index contributed by atoms with van der Waals surface area (Å²) in [7, 11) is -1.74. The maximum Gasteiger partial charge on any atom is 0.243 e. The summed E-state index contributed by atoms with van der Waals surface area (Å²) in [5.74, 6) is 0.632. The SMILES string of the molecule is CCCOc1ccc(S(=O)(=O)N2CCN(CC)CC2)cc1-c1cc2c(CCC)nn(C)c2c(=S)[nH]1. The first-order valence-electron chi connectivity index (χ1n) is 12.4. The standard InChI is InChI=1S/C25H35N5O3S2/c1-5-8-21-20-17-22(26-25(34)24(20)28(4)27-21)19-16-18(9-10-23(19)33-15-6-2)35(31,32)30-13-11-29(7-3)12-14-30/h9-10,16-17H,5-8,11-15H2,1-4H3,(H,26,34). The van der Waals surface area contributed by atoms with Crippen molar-refractivity contribution in [3.05, 3.63) is 34.6 Å². The molecule has 2 aromatic heterocycles. The fraction of sp³-hybridized carbons (Fsp3) is 0.520. The predicted octanol–water partition coefficient (Wildman–Crippen LogP) is 4.37. The van der Waals surface area contributed by atoms with Gasteiger partial charge >= 0.3 is 0 Å². The first-order chi connectivity index (χ1) is 16.8. The van der Waals surface area contributed by atoms with Crippen molar-refractivity contribution in [3.63, 3.8) is 0 Å². The number of aromatic nitrogens is 3. The van der Waals surface area contributed by atoms with Crippen molar-refractivity contribution < 1.29 is 13.2 Å². The number of nitrogens with zero attached hydrogens (tertiary/aromatic N) is 4. The molecule has 35 heavy (non-hydrogen) atoms. The van der Waals surface area contributed by atoms with Crippen molar-refractivity contribution in [1.82, 2.24) is 24.0 Å². The van der Waals surface area contributed by atoms with Crippen LogP contribution in [0, 0.1) is 4.64 Å². The summed E-state index contributed by atoms with van der Waals surface area (Å²) >= 11 is 5.70. The molecule has 1 aliphatic rings. The molecule has 0 unspecified atom stereocenters. The van der Waals surface area contributed by atoms with E-state index >= 15 is 0 Å². The van der Waals surface area contributed by atoms with Gasteiger partial charge in [-0.15, -0.1) is 0 Å². The third-order valence-corrected chi connectivity index (χ3v) is 8.71. The summed E-state index contributed by atoms with van der Waals surface area (Å²) < 4.78 is 37.1. The largest absolute Gasteiger partial charge is 0.493 e. The average Bonchev–Trinajstić information content (AvgIpc) is 3.18. The zero-order valence-corrected chi connectivity index (χ0v) is 22.6. The van der Waals surface area contributed by atoms with E-state index in [2.05, 4.69) is 28.8 Å². The van der Waals surface area contributed by atoms with Gasteiger partial charge in [-0.3, -0.25) is 4.68 Å². The molecule has 1 N–H and O–H groups in total. The Balaban J connectivity index is 1.82. The number of aromatic amines is 1. The average molecular weight is 518 g/mol. The molecular weight excluding hydrogens is 482 g/mol. The molecule has 0 spiro atoms. The Kier molecular flexibility index (Phi) is 7.95. The van der Waals surface area contributed by atoms with Gasteiger partial charge in [0, 0.05) is 44.2 Å². The van der Waals surface area contributed by atoms with Gasteiger partial charge in [0.25, 0.3) is 0 Å². The van der Waals surface area contributed by atoms with Crippen LogP contribution in [0.15, 0.2) is 29.2 Å². The highest BCUT2D eigenvalue weighted by Gasteiger charge is 2.29. The molecule has 1 saturated heterocycles. The zero-order valence-electron chi connectivity index (χ0n) is 21.0. The first-order valence-corrected chi connectivity index (χ1v) is 14.2. The quantitative estimate of drug-likeness (QED) is 0.425. The highest BCUT2D eigenvalue weighted by molar-refractivity contribution is 7.89. The second-order valence-corrected chi connectivity index (χ2v) is 11.3. The van der Waals surface area contributed by atoms with Crippen LogP contribution in [0.3, 0.4) is 0 Å². The topological polar surface area (TPSA) is 83.5 Å². The van der Waals surface area contributed by atoms with Crippen molar-refractivity contribution in [3.8, 4) is 17.0 Å². The number of aryl methyl sites for hydroxylation is 2. The normalized spacial score (nSPS) is 15.7. The molecule has 1 fully saturated rings. The van der Waals surface area contributed by atoms with E-state index in [0.717, 1.165) is 61.2 Å². The molecule has 190 valence electrons. The van der Waals surface area contributed by atoms with E-state index in [9.17, 15) is 8.42 Å². The fourth-order valence-electron chi connectivity index (χ4n) is 4.60. The monoisotopic (exact) mass is 517 g/mol. The van der Waals surface area contributed by atoms with Gasteiger partial charge in [-0.2, -0.15) is 9.40 Å². The lowest BCUT2D eigenvalue weighted by Crippen LogP contribution is -2.48. The lowest BCUT2D eigenvalue weighted by Gasteiger charge is -2.33. The Hall–Kier alpha value is -2.27. The molecule has 8 nitrogen and oxygen atoms in total. The molecular formula is C25H35N5O3S2. The number of pyridine rings is 1. The lowest BCUT2D eigenvalue weighted by molar-refractivity contribution is 0.196. The van der Waals surface area contributed by atoms with Crippen LogP contribution in [0.25, 0.3) is 22.2 Å². The number of nitrogens with one attached hydrogen (secondary N) is 1. The Morgan fingerprint density at radius 1 is 1.09 bits per heavy atom. The Morgan fingerprint density at radius 2 is 1.83 bits per heavy atom. The molecule has 10 heteroatoms. The van der Waals surface area contributed by atoms with E-state index < -0.39 is 10.0 Å². The third kappa shape index (κ3) is 5.16. The van der Waals surface area contributed by atoms with Crippen molar-refractivity contribution in [1.29, 1.82) is 0 Å². The van der Waals surface area contributed by atoms with Gasteiger partial charge in [0.15, 0.2) is 0 Å². The maximum atomic E-state index is 13.5. The number of sulfonamides is 1. The highest BCUT2D eigenvalue weighted by Crippen LogP contribution is 2.35. The van der Waals surface area contributed by atoms with Gasteiger partial charge in [0.2, 0.25) is 10.0 Å². The van der Waals surface area contributed by atoms with Crippen molar-refractivity contribution >= 4 is 33.1 Å². The highest BCUT2D eigenvalue weighted by atomic mass is 32.2. The number of rotatable bonds is 9. The number of hydrogen-bond acceptors (Lipinski definition) is 6. The van der Waals surface area contributed by atoms with Gasteiger partial charge in [-0.05, 0) is 43.7 Å². The smallest absolute Gasteiger partial charge is 0.243 e. The summed E-state index contributed by atoms with van der Waals surface area (Å²) in [5.41, 5.74) is 3.28. The van der Waals surface area contributed by atoms with Crippen molar-refractivity contribution in [2.75, 3.05) is 39.3 Å². The molecule has 0 bridgehead atoms. The van der Waals surface area contributed by atoms with E-state index in [0.29, 0.717) is 35.6 Å². The van der Waals surface area contributed by atoms with Gasteiger partial charge < -0.3 is 14.6 Å². The third-order valence-electron chi connectivity index (χ3n) is 6.52. The number of ether oxygens (including phenoxy) is 1. The Bertz CT molecular complexity index is 1360. The van der Waals surface area contributed by atoms with Crippen LogP contribution in [0.2, 0.25) is 0 Å². The zero-order chi connectivity index (χ0) is 25.2. The minimum absolute atomic E-state index is 0.265. The van der Waals surface area contributed by atoms with Gasteiger partial charge in [-0.25, -0.2) is 8.42 Å². The lowest BCUT2D eigenvalue weighted by atomic mass is 10.1. The van der Waals surface area contributed by atoms with Crippen molar-refractivity contribution in [2.24, 2.45) is 7.05 Å². The number of likely N-dealkylation sites (N-methyl/N-ethyl adjacent to an activating group) is 1. The second kappa shape index (κ2) is 10.8. The molecule has 0 aliphatic carbocycles. The Morgan fingerprint density at radius 3 is 2.49 bits per heavy atom. The van der Waals surface area contributed by atoms with E-state index in [1.807, 2.05) is 24.7 Å². The summed E-state index contributed by atoms with van der Waals surface area (Å²) in [6.45, 7) is 10.2. The van der Waals surface area contributed by atoms with Gasteiger partial charge in [-0.1, -0.05) is 39.4 Å². The number of hydrogen-bond donors (Lipinski definition) is 1. The van der Waals surface area contributed by atoms with Gasteiger partial charge in [0.1, 0.15) is 15.9 Å². The maximum absolute atomic E-state index is 13.5. The molecule has 1 aliphatic heterocycles. The second-order valence-electron chi connectivity index (χ2n) is 8.94.